The van der Waals surface area contributed by atoms with Crippen molar-refractivity contribution in [2.45, 2.75) is 47.0 Å². The fourth-order valence-corrected chi connectivity index (χ4v) is 2.52. The second-order valence-electron chi connectivity index (χ2n) is 5.05. The van der Waals surface area contributed by atoms with E-state index < -0.39 is 12.3 Å². The molecule has 0 aromatic rings. The first-order chi connectivity index (χ1) is 8.15. The molecule has 0 radical (unpaired) electrons. The van der Waals surface area contributed by atoms with Crippen LogP contribution in [-0.4, -0.2) is 44.7 Å². The topological polar surface area (TPSA) is 12.5 Å². The fourth-order valence-electron chi connectivity index (χ4n) is 2.52. The number of nitrogens with zero attached hydrogens (tertiary/aromatic N) is 1. The maximum atomic E-state index is 12.5. The molecule has 1 saturated heterocycles. The van der Waals surface area contributed by atoms with Crippen LogP contribution in [-0.2, 0) is 4.74 Å². The molecule has 1 unspecified atom stereocenters. The van der Waals surface area contributed by atoms with Gasteiger partial charge < -0.3 is 9.64 Å². The highest BCUT2D eigenvalue weighted by atomic mass is 19.3. The summed E-state index contributed by atoms with van der Waals surface area (Å²) in [5.41, 5.74) is 0.297. The van der Waals surface area contributed by atoms with E-state index in [0.29, 0.717) is 18.4 Å². The lowest BCUT2D eigenvalue weighted by molar-refractivity contribution is 0.0743. The zero-order valence-electron chi connectivity index (χ0n) is 11.2. The summed E-state index contributed by atoms with van der Waals surface area (Å²) in [6.07, 6.45) is 0.890. The minimum Gasteiger partial charge on any atom is -0.384 e. The second-order valence-corrected chi connectivity index (χ2v) is 5.05. The van der Waals surface area contributed by atoms with Gasteiger partial charge in [-0.05, 0) is 25.8 Å². The zero-order valence-corrected chi connectivity index (χ0v) is 11.2. The normalized spacial score (nSPS) is 25.3. The Kier molecular flexibility index (Phi) is 7.95. The highest BCUT2D eigenvalue weighted by Gasteiger charge is 2.45. The fraction of sp³-hybridized carbons (Fsp3) is 1.00. The Morgan fingerprint density at radius 2 is 1.94 bits per heavy atom. The van der Waals surface area contributed by atoms with Gasteiger partial charge in [-0.15, -0.1) is 0 Å². The summed E-state index contributed by atoms with van der Waals surface area (Å²) in [5.74, 6) is -0.400. The first kappa shape index (κ1) is 17.8. The quantitative estimate of drug-likeness (QED) is 0.752. The number of ether oxygens (including phenoxy) is 1. The van der Waals surface area contributed by atoms with E-state index in [1.807, 2.05) is 13.8 Å². The molecule has 1 aliphatic heterocycles. The van der Waals surface area contributed by atoms with Crippen molar-refractivity contribution >= 4 is 0 Å². The van der Waals surface area contributed by atoms with E-state index in [0.717, 1.165) is 19.7 Å². The molecule has 1 saturated carbocycles. The van der Waals surface area contributed by atoms with Gasteiger partial charge in [0.05, 0.1) is 6.61 Å². The molecule has 1 atom stereocenters. The van der Waals surface area contributed by atoms with Gasteiger partial charge in [0.1, 0.15) is 0 Å². The Hall–Kier alpha value is -0.220. The Balaban J connectivity index is 0.000000917. The van der Waals surface area contributed by atoms with Crippen molar-refractivity contribution in [2.75, 3.05) is 33.4 Å². The van der Waals surface area contributed by atoms with E-state index in [1.54, 1.807) is 7.11 Å². The van der Waals surface area contributed by atoms with Crippen molar-refractivity contribution in [1.82, 2.24) is 4.90 Å². The van der Waals surface area contributed by atoms with Crippen molar-refractivity contribution in [1.29, 1.82) is 0 Å². The Labute approximate surface area is 111 Å². The third-order valence-electron chi connectivity index (χ3n) is 3.63. The molecule has 1 heterocycles. The van der Waals surface area contributed by atoms with Gasteiger partial charge in [-0.1, -0.05) is 21.3 Å². The van der Waals surface area contributed by atoms with E-state index in [4.69, 9.17) is 4.74 Å². The molecule has 0 aromatic heterocycles. The maximum absolute atomic E-state index is 12.5. The van der Waals surface area contributed by atoms with Crippen molar-refractivity contribution in [3.8, 4) is 0 Å². The first-order valence-corrected chi connectivity index (χ1v) is 6.65. The highest BCUT2D eigenvalue weighted by Crippen LogP contribution is 2.47. The summed E-state index contributed by atoms with van der Waals surface area (Å²) in [4.78, 5) is 2.18. The van der Waals surface area contributed by atoms with Gasteiger partial charge in [-0.25, -0.2) is 8.78 Å². The number of hydrogen-bond acceptors (Lipinski definition) is 2. The molecule has 0 N–H and O–H groups in total. The molecule has 2 aliphatic rings. The first-order valence-electron chi connectivity index (χ1n) is 6.65. The van der Waals surface area contributed by atoms with Gasteiger partial charge >= 0.3 is 0 Å². The molecular weight excluding hydrogens is 236 g/mol. The van der Waals surface area contributed by atoms with E-state index >= 15 is 0 Å². The monoisotopic (exact) mass is 265 g/mol. The summed E-state index contributed by atoms with van der Waals surface area (Å²) in [7, 11) is 1.71. The van der Waals surface area contributed by atoms with Crippen LogP contribution in [0.1, 0.15) is 40.5 Å². The van der Waals surface area contributed by atoms with Crippen molar-refractivity contribution in [2.24, 2.45) is 11.3 Å². The highest BCUT2D eigenvalue weighted by molar-refractivity contribution is 4.96. The lowest BCUT2D eigenvalue weighted by atomic mass is 10.1. The minimum atomic E-state index is -2.15. The molecule has 2 fully saturated rings. The lowest BCUT2D eigenvalue weighted by Gasteiger charge is -2.22. The van der Waals surface area contributed by atoms with Gasteiger partial charge in [0.25, 0.3) is 0 Å². The van der Waals surface area contributed by atoms with Crippen LogP contribution < -0.4 is 0 Å². The van der Waals surface area contributed by atoms with Crippen LogP contribution >= 0.6 is 0 Å². The third kappa shape index (κ3) is 4.81. The van der Waals surface area contributed by atoms with E-state index in [-0.39, 0.29) is 7.43 Å². The average molecular weight is 265 g/mol. The van der Waals surface area contributed by atoms with E-state index in [9.17, 15) is 8.78 Å². The molecular formula is C14H29F2NO. The number of rotatable bonds is 5. The SMILES string of the molecule is C.CC.COCC1(CN2CCC(C(F)F)C2)CC1. The molecule has 0 aromatic carbocycles. The van der Waals surface area contributed by atoms with Gasteiger partial charge in [0.15, 0.2) is 0 Å². The number of hydrogen-bond donors (Lipinski definition) is 0. The van der Waals surface area contributed by atoms with Gasteiger partial charge in [-0.2, -0.15) is 0 Å². The summed E-state index contributed by atoms with van der Waals surface area (Å²) in [6, 6.07) is 0. The summed E-state index contributed by atoms with van der Waals surface area (Å²) in [6.45, 7) is 7.14. The molecule has 110 valence electrons. The second kappa shape index (κ2) is 8.05. The van der Waals surface area contributed by atoms with Gasteiger partial charge in [-0.3, -0.25) is 0 Å². The summed E-state index contributed by atoms with van der Waals surface area (Å²) < 4.78 is 30.1. The van der Waals surface area contributed by atoms with Gasteiger partial charge in [0.2, 0.25) is 6.43 Å². The van der Waals surface area contributed by atoms with Crippen LogP contribution in [0.2, 0.25) is 0 Å². The van der Waals surface area contributed by atoms with Crippen molar-refractivity contribution in [3.63, 3.8) is 0 Å². The molecule has 0 spiro atoms. The third-order valence-corrected chi connectivity index (χ3v) is 3.63. The Morgan fingerprint density at radius 1 is 1.33 bits per heavy atom. The molecule has 0 amide bonds. The van der Waals surface area contributed by atoms with Gasteiger partial charge in [0, 0.05) is 31.5 Å². The molecule has 4 heteroatoms. The lowest BCUT2D eigenvalue weighted by Crippen LogP contribution is -2.31. The van der Waals surface area contributed by atoms with Crippen molar-refractivity contribution in [3.05, 3.63) is 0 Å². The van der Waals surface area contributed by atoms with E-state index in [2.05, 4.69) is 4.90 Å². The van der Waals surface area contributed by atoms with Crippen molar-refractivity contribution < 1.29 is 13.5 Å². The Morgan fingerprint density at radius 3 is 2.33 bits per heavy atom. The van der Waals surface area contributed by atoms with Crippen LogP contribution in [0.3, 0.4) is 0 Å². The van der Waals surface area contributed by atoms with Crippen LogP contribution in [0.25, 0.3) is 0 Å². The molecule has 1 aliphatic carbocycles. The molecule has 0 bridgehead atoms. The summed E-state index contributed by atoms with van der Waals surface area (Å²) in [5, 5.41) is 0. The average Bonchev–Trinajstić information content (AvgIpc) is 2.90. The molecule has 2 rings (SSSR count). The van der Waals surface area contributed by atoms with Crippen LogP contribution in [0, 0.1) is 11.3 Å². The predicted octanol–water partition coefficient (Wildman–Crippen LogP) is 3.66. The van der Waals surface area contributed by atoms with Crippen LogP contribution in [0.15, 0.2) is 0 Å². The standard InChI is InChI=1S/C11H19F2NO.C2H6.CH4/c1-15-8-11(3-4-11)7-14-5-2-9(6-14)10(12)13;1-2;/h9-10H,2-8H2,1H3;1-2H3;1H4. The van der Waals surface area contributed by atoms with Crippen LogP contribution in [0.5, 0.6) is 0 Å². The zero-order chi connectivity index (χ0) is 12.9. The largest absolute Gasteiger partial charge is 0.384 e. The Bertz CT molecular complexity index is 220. The summed E-state index contributed by atoms with van der Waals surface area (Å²) >= 11 is 0. The molecule has 2 nitrogen and oxygen atoms in total. The predicted molar refractivity (Wildman–Crippen MR) is 72.2 cm³/mol. The number of halogens is 2. The molecule has 18 heavy (non-hydrogen) atoms. The minimum absolute atomic E-state index is 0. The number of likely N-dealkylation sites (tertiary alicyclic amines) is 1. The van der Waals surface area contributed by atoms with E-state index in [1.165, 1.54) is 12.8 Å². The maximum Gasteiger partial charge on any atom is 0.242 e. The smallest absolute Gasteiger partial charge is 0.242 e. The number of methoxy groups -OCH3 is 1. The van der Waals surface area contributed by atoms with Crippen LogP contribution in [0.4, 0.5) is 8.78 Å². The number of alkyl halides is 2.